The number of unbranched alkanes of at least 4 members (excludes halogenated alkanes) is 3. The first kappa shape index (κ1) is 27.4. The van der Waals surface area contributed by atoms with E-state index in [4.69, 9.17) is 17.0 Å². The maximum atomic E-state index is 8.13. The van der Waals surface area contributed by atoms with E-state index >= 15 is 0 Å². The number of allylic oxidation sites excluding steroid dienone is 2. The number of halogens is 2. The Kier molecular flexibility index (Phi) is 7.97. The average molecular weight is 626 g/mol. The summed E-state index contributed by atoms with van der Waals surface area (Å²) in [7, 11) is 16.3. The fraction of sp³-hybridized carbons (Fsp3) is 0.333. The van der Waals surface area contributed by atoms with Gasteiger partial charge in [-0.25, -0.2) is 0 Å². The number of aryl methyl sites for hydroxylation is 1. The van der Waals surface area contributed by atoms with Crippen molar-refractivity contribution < 1.29 is 15.6 Å². The van der Waals surface area contributed by atoms with Gasteiger partial charge in [-0.05, 0) is 0 Å². The van der Waals surface area contributed by atoms with E-state index in [1.54, 1.807) is 0 Å². The van der Waals surface area contributed by atoms with Crippen molar-refractivity contribution in [3.8, 4) is 11.1 Å². The standard InChI is InChI=1S/C22H25.C9H7.C2H7Si.2ClH.Zr/c1-3-4-5-6-8-18-11-13-19(14-12-18)21-10-7-9-20-15-17(2)16-22(20)21;1-2-5-9-7-3-6-8(9)4-1;1-3-2;;;/h7,9-16H,3-6,8H2,1-2H3;1-7H;3H,1-2H3;2*1H;/q;;;;;+2/p-2. The summed E-state index contributed by atoms with van der Waals surface area (Å²) in [6.07, 6.45) is 13.4. The third-order valence-corrected chi connectivity index (χ3v) is 61.1. The van der Waals surface area contributed by atoms with E-state index in [0.29, 0.717) is 0 Å². The molecule has 4 heteroatoms. The van der Waals surface area contributed by atoms with Crippen LogP contribution < -0.4 is 0 Å². The first-order valence-electron chi connectivity index (χ1n) is 14.0. The Morgan fingerprint density at radius 2 is 1.57 bits per heavy atom. The molecule has 3 aromatic carbocycles. The summed E-state index contributed by atoms with van der Waals surface area (Å²) in [5, 5.41) is 0. The van der Waals surface area contributed by atoms with Crippen LogP contribution >= 0.6 is 17.0 Å². The third kappa shape index (κ3) is 4.75. The van der Waals surface area contributed by atoms with Gasteiger partial charge in [0.25, 0.3) is 0 Å². The zero-order valence-electron chi connectivity index (χ0n) is 22.6. The molecule has 2 aliphatic rings. The Balaban J connectivity index is 1.53. The topological polar surface area (TPSA) is 0 Å². The molecule has 0 fully saturated rings. The Morgan fingerprint density at radius 1 is 0.838 bits per heavy atom. The van der Waals surface area contributed by atoms with Crippen molar-refractivity contribution in [2.75, 3.05) is 0 Å². The average Bonchev–Trinajstić information content (AvgIpc) is 3.48. The van der Waals surface area contributed by atoms with Crippen molar-refractivity contribution in [2.45, 2.75) is 66.3 Å². The van der Waals surface area contributed by atoms with Crippen LogP contribution in [0.15, 0.2) is 78.4 Å². The Labute approximate surface area is 232 Å². The van der Waals surface area contributed by atoms with Gasteiger partial charge >= 0.3 is 221 Å². The molecule has 37 heavy (non-hydrogen) atoms. The first-order chi connectivity index (χ1) is 17.7. The second-order valence-corrected chi connectivity index (χ2v) is 54.1. The van der Waals surface area contributed by atoms with Gasteiger partial charge in [-0.3, -0.25) is 0 Å². The summed E-state index contributed by atoms with van der Waals surface area (Å²) >= 11 is -4.44. The van der Waals surface area contributed by atoms with E-state index in [9.17, 15) is 0 Å². The Hall–Kier alpha value is -1.18. The van der Waals surface area contributed by atoms with Gasteiger partial charge in [0, 0.05) is 0 Å². The van der Waals surface area contributed by atoms with Gasteiger partial charge in [0.15, 0.2) is 0 Å². The molecule has 193 valence electrons. The maximum absolute atomic E-state index is 8.13. The molecule has 0 bridgehead atoms. The van der Waals surface area contributed by atoms with Gasteiger partial charge in [-0.15, -0.1) is 0 Å². The van der Waals surface area contributed by atoms with Crippen LogP contribution in [-0.2, 0) is 22.0 Å². The van der Waals surface area contributed by atoms with Crippen molar-refractivity contribution in [1.29, 1.82) is 0 Å². The molecule has 0 nitrogen and oxygen atoms in total. The van der Waals surface area contributed by atoms with Gasteiger partial charge in [0.1, 0.15) is 0 Å². The van der Waals surface area contributed by atoms with Crippen molar-refractivity contribution in [2.24, 2.45) is 0 Å². The Bertz CT molecular complexity index is 1350. The summed E-state index contributed by atoms with van der Waals surface area (Å²) in [6.45, 7) is 9.33. The van der Waals surface area contributed by atoms with Crippen LogP contribution in [0.2, 0.25) is 13.1 Å². The molecule has 0 aromatic heterocycles. The fourth-order valence-electron chi connectivity index (χ4n) is 6.75. The molecule has 3 aromatic rings. The third-order valence-electron chi connectivity index (χ3n) is 8.91. The molecule has 2 aliphatic carbocycles. The fourth-order valence-corrected chi connectivity index (χ4v) is 36.9. The van der Waals surface area contributed by atoms with E-state index in [0.717, 1.165) is 0 Å². The van der Waals surface area contributed by atoms with Crippen molar-refractivity contribution in [1.82, 2.24) is 0 Å². The zero-order valence-corrected chi connectivity index (χ0v) is 27.7. The monoisotopic (exact) mass is 623 g/mol. The molecule has 0 heterocycles. The van der Waals surface area contributed by atoms with Crippen molar-refractivity contribution in [3.05, 3.63) is 106 Å². The van der Waals surface area contributed by atoms with Crippen LogP contribution in [0.25, 0.3) is 23.3 Å². The molecule has 0 N–H and O–H groups in total. The van der Waals surface area contributed by atoms with Crippen LogP contribution in [0.5, 0.6) is 0 Å². The van der Waals surface area contributed by atoms with E-state index in [-0.39, 0.29) is 7.25 Å². The summed E-state index contributed by atoms with van der Waals surface area (Å²) < 4.78 is 0.327. The number of rotatable bonds is 9. The molecule has 0 aliphatic heterocycles. The molecule has 0 spiro atoms. The van der Waals surface area contributed by atoms with Gasteiger partial charge in [-0.2, -0.15) is 0 Å². The molecule has 5 rings (SSSR count). The quantitative estimate of drug-likeness (QED) is 0.164. The molecule has 0 radical (unpaired) electrons. The van der Waals surface area contributed by atoms with Gasteiger partial charge in [-0.1, -0.05) is 13.3 Å². The second-order valence-electron chi connectivity index (χ2n) is 11.5. The SMILES string of the molecule is CCCCCCc1ccc(-c2cccc3c2C=C(C)[CH]3[Zr]([Cl])([Cl])([CH]2C=Cc3ccccc32)[SiH](C)C)cc1. The van der Waals surface area contributed by atoms with Gasteiger partial charge < -0.3 is 0 Å². The normalized spacial score (nSPS) is 19.4. The minimum atomic E-state index is -4.44. The zero-order chi connectivity index (χ0) is 26.2. The van der Waals surface area contributed by atoms with Crippen LogP contribution in [-0.4, -0.2) is 5.92 Å². The number of fused-ring (bicyclic) bond motifs is 2. The molecule has 2 atom stereocenters. The predicted molar refractivity (Wildman–Crippen MR) is 165 cm³/mol. The minimum absolute atomic E-state index is 0.157. The van der Waals surface area contributed by atoms with Crippen LogP contribution in [0, 0.1) is 0 Å². The number of hydrogen-bond donors (Lipinski definition) is 0. The summed E-state index contributed by atoms with van der Waals surface area (Å²) in [6, 6.07) is 24.8. The summed E-state index contributed by atoms with van der Waals surface area (Å²) in [5.41, 5.74) is 10.7. The Morgan fingerprint density at radius 3 is 2.30 bits per heavy atom. The molecule has 0 amide bonds. The van der Waals surface area contributed by atoms with E-state index in [2.05, 4.69) is 112 Å². The van der Waals surface area contributed by atoms with Gasteiger partial charge in [0.05, 0.1) is 0 Å². The van der Waals surface area contributed by atoms with E-state index in [1.165, 1.54) is 76.6 Å². The summed E-state index contributed by atoms with van der Waals surface area (Å²) in [5.74, 6) is -1.44. The van der Waals surface area contributed by atoms with Crippen LogP contribution in [0.3, 0.4) is 0 Å². The van der Waals surface area contributed by atoms with E-state index < -0.39 is 21.5 Å². The second kappa shape index (κ2) is 10.8. The molecule has 0 saturated heterocycles. The van der Waals surface area contributed by atoms with Crippen LogP contribution in [0.4, 0.5) is 0 Å². The number of hydrogen-bond acceptors (Lipinski definition) is 0. The molecular weight excluding hydrogens is 587 g/mol. The van der Waals surface area contributed by atoms with Crippen LogP contribution in [0.1, 0.15) is 74.6 Å². The van der Waals surface area contributed by atoms with E-state index in [1.807, 2.05) is 0 Å². The molecule has 2 unspecified atom stereocenters. The van der Waals surface area contributed by atoms with Gasteiger partial charge in [0.2, 0.25) is 0 Å². The first-order valence-corrected chi connectivity index (χ1v) is 30.3. The molecular formula is C33H39Cl2SiZr. The predicted octanol–water partition coefficient (Wildman–Crippen LogP) is 10.7. The number of benzene rings is 3. The van der Waals surface area contributed by atoms with Crippen molar-refractivity contribution >= 4 is 35.1 Å². The summed E-state index contributed by atoms with van der Waals surface area (Å²) in [4.78, 5) is 0. The molecule has 0 saturated carbocycles. The van der Waals surface area contributed by atoms with Crippen molar-refractivity contribution in [3.63, 3.8) is 0 Å².